The number of carbonyl (C=O) groups is 1. The predicted molar refractivity (Wildman–Crippen MR) is 114 cm³/mol. The van der Waals surface area contributed by atoms with Crippen LogP contribution in [0.1, 0.15) is 33.0 Å². The van der Waals surface area contributed by atoms with Crippen LogP contribution in [0, 0.1) is 6.92 Å². The number of hydrogen-bond donors (Lipinski definition) is 1. The van der Waals surface area contributed by atoms with Crippen molar-refractivity contribution in [2.24, 2.45) is 0 Å². The molecule has 0 aliphatic heterocycles. The molecule has 4 rings (SSSR count). The number of hydrogen-bond acceptors (Lipinski definition) is 6. The van der Waals surface area contributed by atoms with Crippen LogP contribution in [0.15, 0.2) is 35.3 Å². The van der Waals surface area contributed by atoms with Crippen LogP contribution in [-0.2, 0) is 16.9 Å². The molecule has 3 heterocycles. The number of amides is 1. The molecule has 9 heteroatoms. The van der Waals surface area contributed by atoms with Gasteiger partial charge in [-0.15, -0.1) is 0 Å². The number of benzene rings is 1. The highest BCUT2D eigenvalue weighted by molar-refractivity contribution is 7.22. The molecule has 0 unspecified atom stereocenters. The molecule has 0 aliphatic carbocycles. The van der Waals surface area contributed by atoms with Crippen molar-refractivity contribution in [1.82, 2.24) is 24.3 Å². The Hall–Kier alpha value is -3.07. The molecule has 0 fully saturated rings. The van der Waals surface area contributed by atoms with E-state index in [4.69, 9.17) is 0 Å². The van der Waals surface area contributed by atoms with Crippen LogP contribution in [0.3, 0.4) is 0 Å². The summed E-state index contributed by atoms with van der Waals surface area (Å²) in [5.41, 5.74) is 0.952. The van der Waals surface area contributed by atoms with Crippen LogP contribution < -0.4 is 10.9 Å². The SMILES string of the molecule is Cc1nc2c(cnn2C(C)(C)C)c(=O)n1CCC(=O)Nc1nc2ccccc2s1. The Bertz CT molecular complexity index is 1240. The van der Waals surface area contributed by atoms with Gasteiger partial charge in [-0.2, -0.15) is 5.10 Å². The third kappa shape index (κ3) is 3.65. The number of thiazole rings is 1. The van der Waals surface area contributed by atoms with Gasteiger partial charge in [0.1, 0.15) is 11.2 Å². The van der Waals surface area contributed by atoms with Crippen LogP contribution in [0.4, 0.5) is 5.13 Å². The zero-order valence-corrected chi connectivity index (χ0v) is 17.6. The van der Waals surface area contributed by atoms with Crippen molar-refractivity contribution in [3.05, 3.63) is 46.6 Å². The molecule has 29 heavy (non-hydrogen) atoms. The van der Waals surface area contributed by atoms with Crippen molar-refractivity contribution in [3.8, 4) is 0 Å². The smallest absolute Gasteiger partial charge is 0.264 e. The van der Waals surface area contributed by atoms with Gasteiger partial charge in [0.25, 0.3) is 5.56 Å². The fraction of sp³-hybridized carbons (Fsp3) is 0.350. The highest BCUT2D eigenvalue weighted by Crippen LogP contribution is 2.25. The van der Waals surface area contributed by atoms with Crippen LogP contribution in [0.5, 0.6) is 0 Å². The number of nitrogens with one attached hydrogen (secondary N) is 1. The van der Waals surface area contributed by atoms with Crippen molar-refractivity contribution in [2.75, 3.05) is 5.32 Å². The van der Waals surface area contributed by atoms with E-state index in [1.54, 1.807) is 17.8 Å². The van der Waals surface area contributed by atoms with Gasteiger partial charge in [-0.1, -0.05) is 23.5 Å². The van der Waals surface area contributed by atoms with Gasteiger partial charge in [0.05, 0.1) is 22.0 Å². The largest absolute Gasteiger partial charge is 0.302 e. The fourth-order valence-electron chi connectivity index (χ4n) is 3.18. The van der Waals surface area contributed by atoms with E-state index in [9.17, 15) is 9.59 Å². The van der Waals surface area contributed by atoms with Crippen molar-refractivity contribution in [1.29, 1.82) is 0 Å². The van der Waals surface area contributed by atoms with Gasteiger partial charge in [0.15, 0.2) is 10.8 Å². The standard InChI is InChI=1S/C20H22N6O2S/c1-12-22-17-13(11-21-26(17)20(2,3)4)18(28)25(12)10-9-16(27)24-19-23-14-7-5-6-8-15(14)29-19/h5-8,11H,9-10H2,1-4H3,(H,23,24,27). The zero-order valence-electron chi connectivity index (χ0n) is 16.8. The molecule has 0 saturated heterocycles. The fourth-order valence-corrected chi connectivity index (χ4v) is 4.06. The summed E-state index contributed by atoms with van der Waals surface area (Å²) in [5.74, 6) is 0.363. The lowest BCUT2D eigenvalue weighted by molar-refractivity contribution is -0.116. The second-order valence-electron chi connectivity index (χ2n) is 7.87. The van der Waals surface area contributed by atoms with Crippen LogP contribution in [0.25, 0.3) is 21.3 Å². The average molecular weight is 411 g/mol. The van der Waals surface area contributed by atoms with Crippen LogP contribution in [-0.4, -0.2) is 30.2 Å². The quantitative estimate of drug-likeness (QED) is 0.557. The van der Waals surface area contributed by atoms with Gasteiger partial charge < -0.3 is 5.32 Å². The predicted octanol–water partition coefficient (Wildman–Crippen LogP) is 3.29. The Morgan fingerprint density at radius 3 is 2.69 bits per heavy atom. The summed E-state index contributed by atoms with van der Waals surface area (Å²) in [7, 11) is 0. The zero-order chi connectivity index (χ0) is 20.8. The number of para-hydroxylation sites is 1. The molecule has 1 amide bonds. The second kappa shape index (κ2) is 7.07. The van der Waals surface area contributed by atoms with Crippen molar-refractivity contribution in [2.45, 2.75) is 46.2 Å². The summed E-state index contributed by atoms with van der Waals surface area (Å²) in [4.78, 5) is 34.3. The normalized spacial score (nSPS) is 12.0. The summed E-state index contributed by atoms with van der Waals surface area (Å²) in [6, 6.07) is 7.72. The van der Waals surface area contributed by atoms with E-state index >= 15 is 0 Å². The monoisotopic (exact) mass is 410 g/mol. The molecule has 150 valence electrons. The summed E-state index contributed by atoms with van der Waals surface area (Å²) in [6.07, 6.45) is 1.70. The van der Waals surface area contributed by atoms with Gasteiger partial charge in [0, 0.05) is 13.0 Å². The molecular weight excluding hydrogens is 388 g/mol. The molecule has 1 aromatic carbocycles. The van der Waals surface area contributed by atoms with Gasteiger partial charge in [-0.05, 0) is 39.8 Å². The first-order valence-electron chi connectivity index (χ1n) is 9.35. The summed E-state index contributed by atoms with van der Waals surface area (Å²) >= 11 is 1.43. The van der Waals surface area contributed by atoms with E-state index in [1.165, 1.54) is 15.9 Å². The molecule has 0 spiro atoms. The number of anilines is 1. The maximum absolute atomic E-state index is 12.9. The lowest BCUT2D eigenvalue weighted by Gasteiger charge is -2.20. The molecule has 4 aromatic rings. The molecule has 0 radical (unpaired) electrons. The molecule has 1 N–H and O–H groups in total. The summed E-state index contributed by atoms with van der Waals surface area (Å²) in [6.45, 7) is 8.04. The molecule has 0 atom stereocenters. The minimum absolute atomic E-state index is 0.150. The lowest BCUT2D eigenvalue weighted by atomic mass is 10.1. The number of aryl methyl sites for hydroxylation is 1. The first-order valence-corrected chi connectivity index (χ1v) is 10.2. The molecule has 0 saturated carbocycles. The third-order valence-electron chi connectivity index (χ3n) is 4.62. The Labute approximate surface area is 171 Å². The Kier molecular flexibility index (Phi) is 4.70. The van der Waals surface area contributed by atoms with Gasteiger partial charge in [-0.25, -0.2) is 14.6 Å². The first kappa shape index (κ1) is 19.3. The number of nitrogens with zero attached hydrogens (tertiary/aromatic N) is 5. The molecule has 3 aromatic heterocycles. The maximum Gasteiger partial charge on any atom is 0.264 e. The molecular formula is C20H22N6O2S. The Balaban J connectivity index is 1.53. The third-order valence-corrected chi connectivity index (χ3v) is 5.57. The summed E-state index contributed by atoms with van der Waals surface area (Å²) in [5, 5.41) is 8.17. The first-order chi connectivity index (χ1) is 13.7. The van der Waals surface area contributed by atoms with Gasteiger partial charge in [-0.3, -0.25) is 14.2 Å². The van der Waals surface area contributed by atoms with Crippen molar-refractivity contribution in [3.63, 3.8) is 0 Å². The topological polar surface area (TPSA) is 94.7 Å². The van der Waals surface area contributed by atoms with Crippen LogP contribution >= 0.6 is 11.3 Å². The van der Waals surface area contributed by atoms with E-state index in [0.717, 1.165) is 10.2 Å². The highest BCUT2D eigenvalue weighted by Gasteiger charge is 2.21. The van der Waals surface area contributed by atoms with Crippen molar-refractivity contribution >= 4 is 43.6 Å². The number of carbonyl (C=O) groups excluding carboxylic acids is 1. The van der Waals surface area contributed by atoms with Gasteiger partial charge >= 0.3 is 0 Å². The molecule has 0 aliphatic rings. The van der Waals surface area contributed by atoms with Gasteiger partial charge in [0.2, 0.25) is 5.91 Å². The maximum atomic E-state index is 12.9. The minimum Gasteiger partial charge on any atom is -0.302 e. The van der Waals surface area contributed by atoms with E-state index < -0.39 is 0 Å². The Morgan fingerprint density at radius 2 is 1.97 bits per heavy atom. The number of fused-ring (bicyclic) bond motifs is 2. The molecule has 8 nitrogen and oxygen atoms in total. The van der Waals surface area contributed by atoms with E-state index in [-0.39, 0.29) is 30.0 Å². The van der Waals surface area contributed by atoms with Crippen molar-refractivity contribution < 1.29 is 4.79 Å². The summed E-state index contributed by atoms with van der Waals surface area (Å²) < 4.78 is 4.29. The van der Waals surface area contributed by atoms with E-state index in [2.05, 4.69) is 20.4 Å². The minimum atomic E-state index is -0.281. The molecule has 0 bridgehead atoms. The van der Waals surface area contributed by atoms with Crippen LogP contribution in [0.2, 0.25) is 0 Å². The average Bonchev–Trinajstić information content (AvgIpc) is 3.24. The highest BCUT2D eigenvalue weighted by atomic mass is 32.1. The number of aromatic nitrogens is 5. The second-order valence-corrected chi connectivity index (χ2v) is 8.90. The Morgan fingerprint density at radius 1 is 1.21 bits per heavy atom. The lowest BCUT2D eigenvalue weighted by Crippen LogP contribution is -2.28. The van der Waals surface area contributed by atoms with E-state index in [0.29, 0.717) is 22.0 Å². The van der Waals surface area contributed by atoms with E-state index in [1.807, 2.05) is 45.0 Å². The number of rotatable bonds is 4.